The standard InChI is InChI=1S/C9H7N3.C2H7N/c1-2-4-8(5-3-1)9-11-6-10-7-12-9;1-3-2/h1-7H;3H,1-2H3. The van der Waals surface area contributed by atoms with Crippen molar-refractivity contribution in [2.75, 3.05) is 14.1 Å². The fourth-order valence-corrected chi connectivity index (χ4v) is 0.975. The van der Waals surface area contributed by atoms with Crippen LogP contribution in [0.25, 0.3) is 11.4 Å². The number of hydrogen-bond acceptors (Lipinski definition) is 4. The van der Waals surface area contributed by atoms with Crippen LogP contribution >= 0.6 is 0 Å². The molecule has 2 rings (SSSR count). The molecular formula is C11H14N4. The minimum Gasteiger partial charge on any atom is -0.323 e. The van der Waals surface area contributed by atoms with Gasteiger partial charge in [-0.05, 0) is 14.1 Å². The molecule has 0 aliphatic carbocycles. The van der Waals surface area contributed by atoms with Gasteiger partial charge in [0.15, 0.2) is 5.82 Å². The summed E-state index contributed by atoms with van der Waals surface area (Å²) in [5.74, 6) is 0.714. The van der Waals surface area contributed by atoms with E-state index in [4.69, 9.17) is 0 Å². The van der Waals surface area contributed by atoms with Crippen molar-refractivity contribution >= 4 is 0 Å². The van der Waals surface area contributed by atoms with E-state index >= 15 is 0 Å². The van der Waals surface area contributed by atoms with Gasteiger partial charge in [-0.25, -0.2) is 15.0 Å². The summed E-state index contributed by atoms with van der Waals surface area (Å²) >= 11 is 0. The van der Waals surface area contributed by atoms with E-state index in [2.05, 4.69) is 20.3 Å². The van der Waals surface area contributed by atoms with Gasteiger partial charge in [-0.15, -0.1) is 0 Å². The summed E-state index contributed by atoms with van der Waals surface area (Å²) in [4.78, 5) is 11.8. The maximum atomic E-state index is 4.03. The molecule has 1 aromatic carbocycles. The molecule has 0 aliphatic heterocycles. The molecule has 0 radical (unpaired) electrons. The second kappa shape index (κ2) is 6.62. The molecule has 0 amide bonds. The summed E-state index contributed by atoms with van der Waals surface area (Å²) in [6.45, 7) is 0. The lowest BCUT2D eigenvalue weighted by atomic mass is 10.2. The van der Waals surface area contributed by atoms with E-state index in [1.54, 1.807) is 0 Å². The molecule has 1 N–H and O–H groups in total. The third-order valence-electron chi connectivity index (χ3n) is 1.53. The van der Waals surface area contributed by atoms with Crippen LogP contribution in [0.3, 0.4) is 0 Å². The Hall–Kier alpha value is -1.81. The SMILES string of the molecule is CNC.c1ccc(-c2ncncn2)cc1. The first-order chi connectivity index (χ1) is 7.38. The summed E-state index contributed by atoms with van der Waals surface area (Å²) in [5.41, 5.74) is 1.01. The summed E-state index contributed by atoms with van der Waals surface area (Å²) in [6, 6.07) is 9.81. The second-order valence-electron chi connectivity index (χ2n) is 2.83. The first-order valence-corrected chi connectivity index (χ1v) is 4.64. The highest BCUT2D eigenvalue weighted by molar-refractivity contribution is 5.53. The molecule has 0 unspecified atom stereocenters. The number of hydrogen-bond donors (Lipinski definition) is 1. The molecule has 1 aromatic heterocycles. The summed E-state index contributed by atoms with van der Waals surface area (Å²) in [7, 11) is 3.75. The molecule has 0 fully saturated rings. The van der Waals surface area contributed by atoms with Crippen molar-refractivity contribution < 1.29 is 0 Å². The Morgan fingerprint density at radius 1 is 0.933 bits per heavy atom. The van der Waals surface area contributed by atoms with Crippen molar-refractivity contribution in [2.24, 2.45) is 0 Å². The maximum Gasteiger partial charge on any atom is 0.162 e. The van der Waals surface area contributed by atoms with Gasteiger partial charge in [0.05, 0.1) is 0 Å². The number of nitrogens with one attached hydrogen (secondary N) is 1. The van der Waals surface area contributed by atoms with E-state index in [0.717, 1.165) is 5.56 Å². The van der Waals surface area contributed by atoms with Crippen molar-refractivity contribution in [3.8, 4) is 11.4 Å². The zero-order valence-electron chi connectivity index (χ0n) is 8.88. The topological polar surface area (TPSA) is 50.7 Å². The lowest BCUT2D eigenvalue weighted by Gasteiger charge is -1.95. The summed E-state index contributed by atoms with van der Waals surface area (Å²) in [6.07, 6.45) is 2.99. The third-order valence-corrected chi connectivity index (χ3v) is 1.53. The Kier molecular flexibility index (Phi) is 4.97. The molecule has 4 nitrogen and oxygen atoms in total. The predicted molar refractivity (Wildman–Crippen MR) is 60.2 cm³/mol. The Morgan fingerprint density at radius 2 is 1.47 bits per heavy atom. The van der Waals surface area contributed by atoms with Crippen LogP contribution in [0, 0.1) is 0 Å². The second-order valence-corrected chi connectivity index (χ2v) is 2.83. The minimum absolute atomic E-state index is 0.714. The molecule has 0 bridgehead atoms. The van der Waals surface area contributed by atoms with Gasteiger partial charge in [0, 0.05) is 5.56 Å². The molecular weight excluding hydrogens is 188 g/mol. The molecule has 2 aromatic rings. The fourth-order valence-electron chi connectivity index (χ4n) is 0.975. The Balaban J connectivity index is 0.000000337. The Morgan fingerprint density at radius 3 is 2.00 bits per heavy atom. The molecule has 0 spiro atoms. The molecule has 0 atom stereocenters. The van der Waals surface area contributed by atoms with Crippen LogP contribution in [0.5, 0.6) is 0 Å². The van der Waals surface area contributed by atoms with Crippen molar-refractivity contribution in [1.29, 1.82) is 0 Å². The average Bonchev–Trinajstić information content (AvgIpc) is 2.32. The van der Waals surface area contributed by atoms with Gasteiger partial charge in [-0.2, -0.15) is 0 Å². The molecule has 4 heteroatoms. The minimum atomic E-state index is 0.714. The van der Waals surface area contributed by atoms with E-state index in [0.29, 0.717) is 5.82 Å². The molecule has 0 aliphatic rings. The highest BCUT2D eigenvalue weighted by atomic mass is 15.0. The first-order valence-electron chi connectivity index (χ1n) is 4.64. The van der Waals surface area contributed by atoms with Crippen LogP contribution in [0.15, 0.2) is 43.0 Å². The van der Waals surface area contributed by atoms with Gasteiger partial charge in [0.1, 0.15) is 12.7 Å². The Bertz CT molecular complexity index is 323. The van der Waals surface area contributed by atoms with Gasteiger partial charge in [0.25, 0.3) is 0 Å². The quantitative estimate of drug-likeness (QED) is 0.759. The van der Waals surface area contributed by atoms with E-state index < -0.39 is 0 Å². The van der Waals surface area contributed by atoms with Crippen LogP contribution in [-0.2, 0) is 0 Å². The van der Waals surface area contributed by atoms with E-state index in [9.17, 15) is 0 Å². The average molecular weight is 202 g/mol. The van der Waals surface area contributed by atoms with Gasteiger partial charge in [-0.3, -0.25) is 0 Å². The van der Waals surface area contributed by atoms with Crippen LogP contribution in [0.1, 0.15) is 0 Å². The largest absolute Gasteiger partial charge is 0.323 e. The monoisotopic (exact) mass is 202 g/mol. The smallest absolute Gasteiger partial charge is 0.162 e. The van der Waals surface area contributed by atoms with Crippen LogP contribution in [0.4, 0.5) is 0 Å². The number of rotatable bonds is 1. The van der Waals surface area contributed by atoms with Crippen LogP contribution in [-0.4, -0.2) is 29.0 Å². The van der Waals surface area contributed by atoms with E-state index in [1.165, 1.54) is 12.7 Å². The van der Waals surface area contributed by atoms with Gasteiger partial charge in [0.2, 0.25) is 0 Å². The normalized spacial score (nSPS) is 8.93. The molecule has 15 heavy (non-hydrogen) atoms. The Labute approximate surface area is 89.4 Å². The van der Waals surface area contributed by atoms with Crippen LogP contribution in [0.2, 0.25) is 0 Å². The third kappa shape index (κ3) is 3.83. The van der Waals surface area contributed by atoms with Gasteiger partial charge >= 0.3 is 0 Å². The van der Waals surface area contributed by atoms with Crippen molar-refractivity contribution in [2.45, 2.75) is 0 Å². The maximum absolute atomic E-state index is 4.03. The molecule has 0 saturated carbocycles. The van der Waals surface area contributed by atoms with Gasteiger partial charge < -0.3 is 5.32 Å². The van der Waals surface area contributed by atoms with Gasteiger partial charge in [-0.1, -0.05) is 30.3 Å². The zero-order valence-corrected chi connectivity index (χ0v) is 8.88. The highest BCUT2D eigenvalue weighted by Crippen LogP contribution is 2.10. The van der Waals surface area contributed by atoms with Crippen molar-refractivity contribution in [3.63, 3.8) is 0 Å². The fraction of sp³-hybridized carbons (Fsp3) is 0.182. The highest BCUT2D eigenvalue weighted by Gasteiger charge is 1.95. The number of nitrogens with zero attached hydrogens (tertiary/aromatic N) is 3. The first kappa shape index (κ1) is 11.3. The van der Waals surface area contributed by atoms with Crippen molar-refractivity contribution in [1.82, 2.24) is 20.3 Å². The predicted octanol–water partition coefficient (Wildman–Crippen LogP) is 1.37. The zero-order chi connectivity index (χ0) is 10.9. The number of aromatic nitrogens is 3. The summed E-state index contributed by atoms with van der Waals surface area (Å²) in [5, 5.41) is 2.75. The van der Waals surface area contributed by atoms with E-state index in [1.807, 2.05) is 44.4 Å². The molecule has 1 heterocycles. The number of benzene rings is 1. The van der Waals surface area contributed by atoms with E-state index in [-0.39, 0.29) is 0 Å². The lowest BCUT2D eigenvalue weighted by molar-refractivity contribution is 1.02. The lowest BCUT2D eigenvalue weighted by Crippen LogP contribution is -1.89. The molecule has 78 valence electrons. The van der Waals surface area contributed by atoms with Crippen molar-refractivity contribution in [3.05, 3.63) is 43.0 Å². The van der Waals surface area contributed by atoms with Crippen LogP contribution < -0.4 is 5.32 Å². The molecule has 0 saturated heterocycles. The summed E-state index contributed by atoms with van der Waals surface area (Å²) < 4.78 is 0.